The van der Waals surface area contributed by atoms with Crippen LogP contribution in [0.4, 0.5) is 8.78 Å². The molecule has 0 aliphatic heterocycles. The monoisotopic (exact) mass is 347 g/mol. The van der Waals surface area contributed by atoms with Crippen LogP contribution in [0.1, 0.15) is 52.1 Å². The van der Waals surface area contributed by atoms with Gasteiger partial charge in [-0.2, -0.15) is 0 Å². The molecule has 4 heteroatoms. The van der Waals surface area contributed by atoms with Crippen LogP contribution >= 0.6 is 15.9 Å². The molecule has 1 rings (SSSR count). The summed E-state index contributed by atoms with van der Waals surface area (Å²) >= 11 is 3.12. The average molecular weight is 348 g/mol. The maximum absolute atomic E-state index is 14.2. The van der Waals surface area contributed by atoms with Crippen molar-refractivity contribution in [2.45, 2.75) is 46.6 Å². The Morgan fingerprint density at radius 1 is 1.25 bits per heavy atom. The summed E-state index contributed by atoms with van der Waals surface area (Å²) in [6.45, 7) is 8.66. The third kappa shape index (κ3) is 4.81. The van der Waals surface area contributed by atoms with E-state index in [0.717, 1.165) is 6.42 Å². The summed E-state index contributed by atoms with van der Waals surface area (Å²) in [5, 5.41) is 3.04. The summed E-state index contributed by atoms with van der Waals surface area (Å²) in [6.07, 6.45) is 1.72. The van der Waals surface area contributed by atoms with Gasteiger partial charge in [-0.1, -0.05) is 27.7 Å². The molecule has 1 N–H and O–H groups in total. The van der Waals surface area contributed by atoms with Gasteiger partial charge in [0.15, 0.2) is 0 Å². The highest BCUT2D eigenvalue weighted by atomic mass is 79.9. The Labute approximate surface area is 129 Å². The maximum Gasteiger partial charge on any atom is 0.145 e. The first-order valence-electron chi connectivity index (χ1n) is 6.96. The molecule has 0 spiro atoms. The van der Waals surface area contributed by atoms with Gasteiger partial charge < -0.3 is 5.32 Å². The summed E-state index contributed by atoms with van der Waals surface area (Å²) in [5.74, 6) is -0.620. The minimum absolute atomic E-state index is 0.127. The van der Waals surface area contributed by atoms with Crippen LogP contribution < -0.4 is 5.32 Å². The van der Waals surface area contributed by atoms with Crippen molar-refractivity contribution in [2.75, 3.05) is 7.05 Å². The normalized spacial score (nSPS) is 15.2. The van der Waals surface area contributed by atoms with E-state index in [-0.39, 0.29) is 17.0 Å². The maximum atomic E-state index is 14.2. The minimum Gasteiger partial charge on any atom is -0.313 e. The molecule has 0 radical (unpaired) electrons. The van der Waals surface area contributed by atoms with Gasteiger partial charge in [0.2, 0.25) is 0 Å². The van der Waals surface area contributed by atoms with Crippen molar-refractivity contribution >= 4 is 15.9 Å². The lowest BCUT2D eigenvalue weighted by molar-refractivity contribution is 0.275. The molecule has 0 amide bonds. The fraction of sp³-hybridized carbons (Fsp3) is 0.625. The predicted molar refractivity (Wildman–Crippen MR) is 83.7 cm³/mol. The van der Waals surface area contributed by atoms with Gasteiger partial charge >= 0.3 is 0 Å². The molecule has 1 nitrogen and oxygen atoms in total. The molecule has 0 heterocycles. The summed E-state index contributed by atoms with van der Waals surface area (Å²) in [5.41, 5.74) is 0.342. The van der Waals surface area contributed by atoms with Crippen LogP contribution in [-0.4, -0.2) is 7.05 Å². The molecule has 0 fully saturated rings. The van der Waals surface area contributed by atoms with E-state index in [9.17, 15) is 8.78 Å². The summed E-state index contributed by atoms with van der Waals surface area (Å²) in [6, 6.07) is 2.39. The van der Waals surface area contributed by atoms with Crippen molar-refractivity contribution in [2.24, 2.45) is 11.3 Å². The number of nitrogens with one attached hydrogen (secondary N) is 1. The van der Waals surface area contributed by atoms with E-state index in [1.54, 1.807) is 7.05 Å². The Bertz CT molecular complexity index is 455. The van der Waals surface area contributed by atoms with Gasteiger partial charge in [-0.05, 0) is 59.3 Å². The third-order valence-corrected chi connectivity index (χ3v) is 3.99. The quantitative estimate of drug-likeness (QED) is 0.698. The Balaban J connectivity index is 2.95. The standard InChI is InChI=1S/C16H24BrF2N/c1-10(9-16(2,3)4)8-13(20-5)14-12(18)7-6-11(17)15(14)19/h6-7,10,13,20H,8-9H2,1-5H3. The van der Waals surface area contributed by atoms with E-state index >= 15 is 0 Å². The van der Waals surface area contributed by atoms with E-state index in [1.165, 1.54) is 12.1 Å². The lowest BCUT2D eigenvalue weighted by Crippen LogP contribution is -2.23. The molecule has 0 saturated carbocycles. The molecule has 2 unspecified atom stereocenters. The van der Waals surface area contributed by atoms with Crippen LogP contribution in [0.3, 0.4) is 0 Å². The van der Waals surface area contributed by atoms with Crippen molar-refractivity contribution in [3.8, 4) is 0 Å². The van der Waals surface area contributed by atoms with Gasteiger partial charge in [0.25, 0.3) is 0 Å². The highest BCUT2D eigenvalue weighted by Crippen LogP contribution is 2.33. The Morgan fingerprint density at radius 2 is 1.85 bits per heavy atom. The van der Waals surface area contributed by atoms with Crippen LogP contribution in [0.25, 0.3) is 0 Å². The molecular weight excluding hydrogens is 324 g/mol. The predicted octanol–water partition coefficient (Wildman–Crippen LogP) is 5.45. The van der Waals surface area contributed by atoms with E-state index in [1.807, 2.05) is 0 Å². The summed E-state index contributed by atoms with van der Waals surface area (Å²) < 4.78 is 28.4. The van der Waals surface area contributed by atoms with Crippen LogP contribution in [0.5, 0.6) is 0 Å². The smallest absolute Gasteiger partial charge is 0.145 e. The molecule has 1 aromatic rings. The van der Waals surface area contributed by atoms with Crippen molar-refractivity contribution in [1.82, 2.24) is 5.32 Å². The second kappa shape index (κ2) is 6.99. The molecule has 0 aliphatic rings. The first kappa shape index (κ1) is 17.6. The number of halogens is 3. The highest BCUT2D eigenvalue weighted by molar-refractivity contribution is 9.10. The van der Waals surface area contributed by atoms with Crippen LogP contribution in [0.2, 0.25) is 0 Å². The highest BCUT2D eigenvalue weighted by Gasteiger charge is 2.24. The molecular formula is C16H24BrF2N. The Kier molecular flexibility index (Phi) is 6.14. The van der Waals surface area contributed by atoms with Crippen molar-refractivity contribution in [1.29, 1.82) is 0 Å². The lowest BCUT2D eigenvalue weighted by atomic mass is 9.82. The van der Waals surface area contributed by atoms with Gasteiger partial charge in [-0.15, -0.1) is 0 Å². The molecule has 20 heavy (non-hydrogen) atoms. The van der Waals surface area contributed by atoms with E-state index in [4.69, 9.17) is 0 Å². The second-order valence-electron chi connectivity index (χ2n) is 6.70. The molecule has 114 valence electrons. The van der Waals surface area contributed by atoms with E-state index < -0.39 is 11.6 Å². The number of benzene rings is 1. The zero-order chi connectivity index (χ0) is 15.5. The SMILES string of the molecule is CNC(CC(C)CC(C)(C)C)c1c(F)ccc(Br)c1F. The topological polar surface area (TPSA) is 12.0 Å². The molecule has 0 aliphatic carbocycles. The van der Waals surface area contributed by atoms with Gasteiger partial charge in [0, 0.05) is 11.6 Å². The molecule has 0 saturated heterocycles. The summed E-state index contributed by atoms with van der Waals surface area (Å²) in [4.78, 5) is 0. The minimum atomic E-state index is -0.507. The molecule has 0 aromatic heterocycles. The fourth-order valence-electron chi connectivity index (χ4n) is 2.77. The number of rotatable bonds is 5. The fourth-order valence-corrected chi connectivity index (χ4v) is 3.12. The number of hydrogen-bond donors (Lipinski definition) is 1. The van der Waals surface area contributed by atoms with Crippen molar-refractivity contribution in [3.63, 3.8) is 0 Å². The van der Waals surface area contributed by atoms with Crippen LogP contribution in [-0.2, 0) is 0 Å². The van der Waals surface area contributed by atoms with E-state index in [0.29, 0.717) is 16.8 Å². The summed E-state index contributed by atoms with van der Waals surface area (Å²) in [7, 11) is 1.74. The van der Waals surface area contributed by atoms with Gasteiger partial charge in [0.05, 0.1) is 4.47 Å². The van der Waals surface area contributed by atoms with Crippen molar-refractivity contribution < 1.29 is 8.78 Å². The zero-order valence-corrected chi connectivity index (χ0v) is 14.4. The molecule has 2 atom stereocenters. The first-order chi connectivity index (χ1) is 9.15. The van der Waals surface area contributed by atoms with E-state index in [2.05, 4.69) is 48.9 Å². The van der Waals surface area contributed by atoms with Crippen molar-refractivity contribution in [3.05, 3.63) is 33.8 Å². The third-order valence-electron chi connectivity index (χ3n) is 3.38. The Hall–Kier alpha value is -0.480. The lowest BCUT2D eigenvalue weighted by Gasteiger charge is -2.27. The molecule has 0 bridgehead atoms. The number of hydrogen-bond acceptors (Lipinski definition) is 1. The zero-order valence-electron chi connectivity index (χ0n) is 12.9. The molecule has 1 aromatic carbocycles. The van der Waals surface area contributed by atoms with Gasteiger partial charge in [0.1, 0.15) is 11.6 Å². The second-order valence-corrected chi connectivity index (χ2v) is 7.56. The first-order valence-corrected chi connectivity index (χ1v) is 7.75. The van der Waals surface area contributed by atoms with Crippen LogP contribution in [0.15, 0.2) is 16.6 Å². The van der Waals surface area contributed by atoms with Gasteiger partial charge in [-0.3, -0.25) is 0 Å². The van der Waals surface area contributed by atoms with Crippen LogP contribution in [0, 0.1) is 23.0 Å². The average Bonchev–Trinajstić information content (AvgIpc) is 2.30. The Morgan fingerprint density at radius 3 is 2.35 bits per heavy atom. The van der Waals surface area contributed by atoms with Gasteiger partial charge in [-0.25, -0.2) is 8.78 Å². The largest absolute Gasteiger partial charge is 0.313 e.